The molecule has 0 spiro atoms. The molecule has 0 aliphatic carbocycles. The van der Waals surface area contributed by atoms with E-state index in [1.54, 1.807) is 4.90 Å². The fraction of sp³-hybridized carbons (Fsp3) is 0.438. The average Bonchev–Trinajstić information content (AvgIpc) is 3.13. The second kappa shape index (κ2) is 5.29. The van der Waals surface area contributed by atoms with Crippen LogP contribution in [-0.4, -0.2) is 30.6 Å². The van der Waals surface area contributed by atoms with E-state index in [9.17, 15) is 4.79 Å². The van der Waals surface area contributed by atoms with E-state index >= 15 is 0 Å². The van der Waals surface area contributed by atoms with E-state index < -0.39 is 0 Å². The third kappa shape index (κ3) is 2.31. The van der Waals surface area contributed by atoms with Gasteiger partial charge in [-0.25, -0.2) is 0 Å². The molecule has 4 nitrogen and oxygen atoms in total. The number of amides is 1. The van der Waals surface area contributed by atoms with E-state index in [2.05, 4.69) is 0 Å². The summed E-state index contributed by atoms with van der Waals surface area (Å²) in [6, 6.07) is 9.78. The van der Waals surface area contributed by atoms with Crippen LogP contribution in [0.4, 0.5) is 0 Å². The quantitative estimate of drug-likeness (QED) is 0.863. The van der Waals surface area contributed by atoms with Crippen LogP contribution in [-0.2, 0) is 9.53 Å². The molecule has 1 aromatic carbocycles. The summed E-state index contributed by atoms with van der Waals surface area (Å²) in [6.07, 6.45) is 1.49. The van der Waals surface area contributed by atoms with Gasteiger partial charge in [-0.15, -0.1) is 0 Å². The lowest BCUT2D eigenvalue weighted by atomic mass is 10.1. The highest BCUT2D eigenvalue weighted by Gasteiger charge is 2.30. The van der Waals surface area contributed by atoms with E-state index in [1.165, 1.54) is 0 Å². The maximum Gasteiger partial charge on any atom is 0.252 e. The number of rotatable bonds is 3. The molecule has 2 unspecified atom stereocenters. The Bertz CT molecular complexity index is 580. The Morgan fingerprint density at radius 2 is 2.20 bits per heavy atom. The molecule has 0 N–H and O–H groups in total. The standard InChI is InChI=1S/C16H19NO3/c1-11(17(2)16(18)14-8-5-9-19-14)15-10-12-6-3-4-7-13(12)20-15/h3-4,6-7,10-11,14H,5,8-9H2,1-2H3. The van der Waals surface area contributed by atoms with Crippen molar-refractivity contribution in [2.45, 2.75) is 31.9 Å². The summed E-state index contributed by atoms with van der Waals surface area (Å²) >= 11 is 0. The molecule has 0 radical (unpaired) electrons. The summed E-state index contributed by atoms with van der Waals surface area (Å²) < 4.78 is 11.3. The average molecular weight is 273 g/mol. The highest BCUT2D eigenvalue weighted by atomic mass is 16.5. The van der Waals surface area contributed by atoms with Crippen LogP contribution >= 0.6 is 0 Å². The number of carbonyl (C=O) groups excluding carboxylic acids is 1. The molecule has 1 aromatic heterocycles. The van der Waals surface area contributed by atoms with Crippen molar-refractivity contribution in [2.24, 2.45) is 0 Å². The third-order valence-corrected chi connectivity index (χ3v) is 3.99. The molecule has 1 aliphatic heterocycles. The number of carbonyl (C=O) groups is 1. The van der Waals surface area contributed by atoms with Gasteiger partial charge in [-0.05, 0) is 31.9 Å². The van der Waals surface area contributed by atoms with Crippen molar-refractivity contribution in [3.63, 3.8) is 0 Å². The van der Waals surface area contributed by atoms with Gasteiger partial charge < -0.3 is 14.1 Å². The molecule has 0 saturated carbocycles. The van der Waals surface area contributed by atoms with Gasteiger partial charge in [0, 0.05) is 19.0 Å². The van der Waals surface area contributed by atoms with Crippen LogP contribution < -0.4 is 0 Å². The first kappa shape index (κ1) is 13.2. The lowest BCUT2D eigenvalue weighted by molar-refractivity contribution is -0.141. The zero-order valence-corrected chi connectivity index (χ0v) is 11.8. The smallest absolute Gasteiger partial charge is 0.252 e. The van der Waals surface area contributed by atoms with Crippen molar-refractivity contribution in [3.05, 3.63) is 36.1 Å². The van der Waals surface area contributed by atoms with Crippen molar-refractivity contribution < 1.29 is 13.9 Å². The van der Waals surface area contributed by atoms with E-state index in [-0.39, 0.29) is 18.1 Å². The van der Waals surface area contributed by atoms with E-state index in [0.29, 0.717) is 6.61 Å². The van der Waals surface area contributed by atoms with Gasteiger partial charge in [-0.3, -0.25) is 4.79 Å². The van der Waals surface area contributed by atoms with Gasteiger partial charge in [0.05, 0.1) is 6.04 Å². The number of para-hydroxylation sites is 1. The number of hydrogen-bond donors (Lipinski definition) is 0. The van der Waals surface area contributed by atoms with Crippen molar-refractivity contribution in [1.29, 1.82) is 0 Å². The predicted octanol–water partition coefficient (Wildman–Crippen LogP) is 3.13. The highest BCUT2D eigenvalue weighted by Crippen LogP contribution is 2.28. The van der Waals surface area contributed by atoms with Crippen LogP contribution in [0.25, 0.3) is 11.0 Å². The molecule has 3 rings (SSSR count). The summed E-state index contributed by atoms with van der Waals surface area (Å²) in [5.41, 5.74) is 0.854. The molecule has 20 heavy (non-hydrogen) atoms. The molecule has 1 aliphatic rings. The van der Waals surface area contributed by atoms with E-state index in [1.807, 2.05) is 44.3 Å². The second-order valence-electron chi connectivity index (χ2n) is 5.31. The molecule has 0 bridgehead atoms. The van der Waals surface area contributed by atoms with Crippen LogP contribution in [0, 0.1) is 0 Å². The Hall–Kier alpha value is -1.81. The van der Waals surface area contributed by atoms with Gasteiger partial charge in [0.25, 0.3) is 5.91 Å². The van der Waals surface area contributed by atoms with Crippen molar-refractivity contribution in [2.75, 3.05) is 13.7 Å². The first-order valence-corrected chi connectivity index (χ1v) is 7.03. The number of nitrogens with zero attached hydrogens (tertiary/aromatic N) is 1. The molecule has 106 valence electrons. The predicted molar refractivity (Wildman–Crippen MR) is 76.4 cm³/mol. The molecule has 1 saturated heterocycles. The molecule has 4 heteroatoms. The number of fused-ring (bicyclic) bond motifs is 1. The van der Waals surface area contributed by atoms with Crippen molar-refractivity contribution in [1.82, 2.24) is 4.90 Å². The zero-order valence-electron chi connectivity index (χ0n) is 11.8. The van der Waals surface area contributed by atoms with Crippen LogP contribution in [0.2, 0.25) is 0 Å². The Labute approximate surface area is 118 Å². The Morgan fingerprint density at radius 3 is 2.90 bits per heavy atom. The number of ether oxygens (including phenoxy) is 1. The minimum Gasteiger partial charge on any atom is -0.459 e. The number of furan rings is 1. The first-order valence-electron chi connectivity index (χ1n) is 7.03. The summed E-state index contributed by atoms with van der Waals surface area (Å²) in [5, 5.41) is 1.06. The van der Waals surface area contributed by atoms with Crippen LogP contribution in [0.5, 0.6) is 0 Å². The second-order valence-corrected chi connectivity index (χ2v) is 5.31. The number of likely N-dealkylation sites (N-methyl/N-ethyl adjacent to an activating group) is 1. The molecule has 2 aromatic rings. The molecular weight excluding hydrogens is 254 g/mol. The maximum absolute atomic E-state index is 12.3. The lowest BCUT2D eigenvalue weighted by Gasteiger charge is -2.25. The Morgan fingerprint density at radius 1 is 1.40 bits per heavy atom. The van der Waals surface area contributed by atoms with Crippen LogP contribution in [0.1, 0.15) is 31.6 Å². The minimum atomic E-state index is -0.285. The summed E-state index contributed by atoms with van der Waals surface area (Å²) in [5.74, 6) is 0.843. The normalized spacial score (nSPS) is 20.2. The summed E-state index contributed by atoms with van der Waals surface area (Å²) in [7, 11) is 1.81. The summed E-state index contributed by atoms with van der Waals surface area (Å²) in [6.45, 7) is 2.66. The van der Waals surface area contributed by atoms with Gasteiger partial charge in [0.2, 0.25) is 0 Å². The van der Waals surface area contributed by atoms with E-state index in [0.717, 1.165) is 29.6 Å². The molecule has 2 heterocycles. The largest absolute Gasteiger partial charge is 0.459 e. The third-order valence-electron chi connectivity index (χ3n) is 3.99. The molecule has 1 amide bonds. The molecule has 1 fully saturated rings. The highest BCUT2D eigenvalue weighted by molar-refractivity contribution is 5.82. The van der Waals surface area contributed by atoms with Crippen LogP contribution in [0.3, 0.4) is 0 Å². The van der Waals surface area contributed by atoms with E-state index in [4.69, 9.17) is 9.15 Å². The van der Waals surface area contributed by atoms with Gasteiger partial charge in [-0.2, -0.15) is 0 Å². The molecular formula is C16H19NO3. The van der Waals surface area contributed by atoms with Crippen LogP contribution in [0.15, 0.2) is 34.7 Å². The SMILES string of the molecule is CC(c1cc2ccccc2o1)N(C)C(=O)C1CCCO1. The first-order chi connectivity index (χ1) is 9.66. The zero-order chi connectivity index (χ0) is 14.1. The summed E-state index contributed by atoms with van der Waals surface area (Å²) in [4.78, 5) is 14.1. The Kier molecular flexibility index (Phi) is 3.49. The topological polar surface area (TPSA) is 42.7 Å². The molecule has 2 atom stereocenters. The van der Waals surface area contributed by atoms with Gasteiger partial charge >= 0.3 is 0 Å². The maximum atomic E-state index is 12.3. The number of benzene rings is 1. The lowest BCUT2D eigenvalue weighted by Crippen LogP contribution is -2.37. The van der Waals surface area contributed by atoms with Crippen molar-refractivity contribution >= 4 is 16.9 Å². The van der Waals surface area contributed by atoms with Gasteiger partial charge in [0.15, 0.2) is 0 Å². The van der Waals surface area contributed by atoms with Gasteiger partial charge in [-0.1, -0.05) is 18.2 Å². The number of hydrogen-bond acceptors (Lipinski definition) is 3. The van der Waals surface area contributed by atoms with Crippen molar-refractivity contribution in [3.8, 4) is 0 Å². The minimum absolute atomic E-state index is 0.0375. The van der Waals surface area contributed by atoms with Gasteiger partial charge in [0.1, 0.15) is 17.4 Å². The monoisotopic (exact) mass is 273 g/mol. The Balaban J connectivity index is 1.80. The fourth-order valence-electron chi connectivity index (χ4n) is 2.59. The fourth-order valence-corrected chi connectivity index (χ4v) is 2.59.